The SMILES string of the molecule is CN(Cc1ccc(C#Cc2cc(Cl)ccc2Cl)cc1)CC(O)(Cn1cncn1)c1ccc(F)cc1F. The Morgan fingerprint density at radius 1 is 1.03 bits per heavy atom. The van der Waals surface area contributed by atoms with E-state index in [2.05, 4.69) is 21.9 Å². The standard InChI is InChI=1S/C27H22Cl2F2N4O/c1-34(14-20-4-2-19(3-5-20)6-7-21-12-22(28)8-11-25(21)29)15-27(36,16-35-18-32-17-33-35)24-10-9-23(30)13-26(24)31/h2-5,8-13,17-18,36H,14-16H2,1H3. The van der Waals surface area contributed by atoms with Gasteiger partial charge in [-0.3, -0.25) is 4.90 Å². The minimum absolute atomic E-state index is 0.0171. The second-order valence-electron chi connectivity index (χ2n) is 8.49. The van der Waals surface area contributed by atoms with Crippen molar-refractivity contribution in [3.8, 4) is 11.8 Å². The zero-order valence-electron chi connectivity index (χ0n) is 19.3. The highest BCUT2D eigenvalue weighted by Crippen LogP contribution is 2.28. The van der Waals surface area contributed by atoms with Gasteiger partial charge in [-0.15, -0.1) is 0 Å². The van der Waals surface area contributed by atoms with Crippen molar-refractivity contribution in [2.75, 3.05) is 13.6 Å². The van der Waals surface area contributed by atoms with Crippen molar-refractivity contribution in [1.82, 2.24) is 19.7 Å². The summed E-state index contributed by atoms with van der Waals surface area (Å²) in [6.45, 7) is 0.473. The van der Waals surface area contributed by atoms with Gasteiger partial charge in [-0.2, -0.15) is 5.10 Å². The average Bonchev–Trinajstić information content (AvgIpc) is 3.33. The summed E-state index contributed by atoms with van der Waals surface area (Å²) in [5.41, 5.74) is 0.714. The maximum absolute atomic E-state index is 14.6. The van der Waals surface area contributed by atoms with Gasteiger partial charge in [0.2, 0.25) is 0 Å². The van der Waals surface area contributed by atoms with E-state index >= 15 is 0 Å². The second-order valence-corrected chi connectivity index (χ2v) is 9.34. The normalized spacial score (nSPS) is 12.8. The van der Waals surface area contributed by atoms with E-state index in [9.17, 15) is 13.9 Å². The van der Waals surface area contributed by atoms with E-state index in [1.165, 1.54) is 23.4 Å². The Morgan fingerprint density at radius 3 is 2.50 bits per heavy atom. The predicted octanol–water partition coefficient (Wildman–Crippen LogP) is 5.28. The summed E-state index contributed by atoms with van der Waals surface area (Å²) in [5.74, 6) is 4.55. The highest BCUT2D eigenvalue weighted by Gasteiger charge is 2.34. The van der Waals surface area contributed by atoms with Crippen LogP contribution in [0.5, 0.6) is 0 Å². The van der Waals surface area contributed by atoms with Gasteiger partial charge in [-0.1, -0.05) is 53.2 Å². The number of rotatable bonds is 7. The average molecular weight is 527 g/mol. The summed E-state index contributed by atoms with van der Waals surface area (Å²) in [7, 11) is 1.81. The molecule has 0 amide bonds. The molecule has 0 saturated carbocycles. The number of benzene rings is 3. The lowest BCUT2D eigenvalue weighted by Gasteiger charge is -2.33. The second kappa shape index (κ2) is 11.2. The van der Waals surface area contributed by atoms with E-state index in [1.54, 1.807) is 18.2 Å². The van der Waals surface area contributed by atoms with E-state index in [4.69, 9.17) is 23.2 Å². The number of likely N-dealkylation sites (N-methyl/N-ethyl adjacent to an activating group) is 1. The van der Waals surface area contributed by atoms with Gasteiger partial charge in [0.25, 0.3) is 0 Å². The molecule has 3 aromatic carbocycles. The molecule has 0 aliphatic rings. The van der Waals surface area contributed by atoms with E-state index in [-0.39, 0.29) is 18.7 Å². The van der Waals surface area contributed by atoms with Gasteiger partial charge in [0.1, 0.15) is 29.9 Å². The Morgan fingerprint density at radius 2 is 1.81 bits per heavy atom. The monoisotopic (exact) mass is 526 g/mol. The fourth-order valence-electron chi connectivity index (χ4n) is 3.91. The van der Waals surface area contributed by atoms with Crippen LogP contribution < -0.4 is 0 Å². The molecule has 1 unspecified atom stereocenters. The largest absolute Gasteiger partial charge is 0.382 e. The maximum Gasteiger partial charge on any atom is 0.137 e. The Bertz CT molecular complexity index is 1400. The fourth-order valence-corrected chi connectivity index (χ4v) is 4.25. The number of halogens is 4. The van der Waals surface area contributed by atoms with Gasteiger partial charge in [0, 0.05) is 40.9 Å². The van der Waals surface area contributed by atoms with Crippen LogP contribution in [0.4, 0.5) is 8.78 Å². The minimum Gasteiger partial charge on any atom is -0.382 e. The minimum atomic E-state index is -1.68. The first kappa shape index (κ1) is 25.8. The maximum atomic E-state index is 14.6. The Kier molecular flexibility index (Phi) is 8.02. The molecule has 1 atom stereocenters. The van der Waals surface area contributed by atoms with Gasteiger partial charge in [0.05, 0.1) is 11.6 Å². The molecule has 36 heavy (non-hydrogen) atoms. The van der Waals surface area contributed by atoms with Crippen LogP contribution in [-0.4, -0.2) is 38.4 Å². The molecular weight excluding hydrogens is 505 g/mol. The Labute approximate surface area is 217 Å². The lowest BCUT2D eigenvalue weighted by atomic mass is 9.92. The van der Waals surface area contributed by atoms with Crippen LogP contribution in [0.15, 0.2) is 73.3 Å². The van der Waals surface area contributed by atoms with Crippen molar-refractivity contribution >= 4 is 23.2 Å². The molecule has 0 radical (unpaired) electrons. The smallest absolute Gasteiger partial charge is 0.137 e. The van der Waals surface area contributed by atoms with Crippen LogP contribution in [0.1, 0.15) is 22.3 Å². The number of hydrogen-bond acceptors (Lipinski definition) is 4. The lowest BCUT2D eigenvalue weighted by molar-refractivity contribution is -0.0175. The first-order chi connectivity index (χ1) is 17.2. The van der Waals surface area contributed by atoms with E-state index in [1.807, 2.05) is 36.2 Å². The van der Waals surface area contributed by atoms with Crippen LogP contribution >= 0.6 is 23.2 Å². The van der Waals surface area contributed by atoms with Gasteiger partial charge < -0.3 is 5.11 Å². The number of aliphatic hydroxyl groups is 1. The zero-order chi connectivity index (χ0) is 25.7. The number of nitrogens with zero attached hydrogens (tertiary/aromatic N) is 4. The molecule has 1 N–H and O–H groups in total. The van der Waals surface area contributed by atoms with Gasteiger partial charge in [-0.25, -0.2) is 18.4 Å². The Hall–Kier alpha value is -3.28. The van der Waals surface area contributed by atoms with Crippen molar-refractivity contribution < 1.29 is 13.9 Å². The molecule has 0 saturated heterocycles. The first-order valence-corrected chi connectivity index (χ1v) is 11.7. The molecule has 9 heteroatoms. The van der Waals surface area contributed by atoms with E-state index < -0.39 is 17.2 Å². The highest BCUT2D eigenvalue weighted by atomic mass is 35.5. The summed E-state index contributed by atoms with van der Waals surface area (Å²) >= 11 is 12.2. The van der Waals surface area contributed by atoms with Crippen molar-refractivity contribution in [2.45, 2.75) is 18.7 Å². The number of aromatic nitrogens is 3. The molecule has 1 aromatic heterocycles. The quantitative estimate of drug-likeness (QED) is 0.333. The van der Waals surface area contributed by atoms with Crippen molar-refractivity contribution in [3.05, 3.63) is 117 Å². The molecular formula is C27H22Cl2F2N4O. The van der Waals surface area contributed by atoms with Crippen LogP contribution in [-0.2, 0) is 18.7 Å². The van der Waals surface area contributed by atoms with Gasteiger partial charge in [-0.05, 0) is 49.0 Å². The molecule has 1 heterocycles. The van der Waals surface area contributed by atoms with Crippen LogP contribution in [0.2, 0.25) is 10.0 Å². The van der Waals surface area contributed by atoms with Crippen LogP contribution in [0, 0.1) is 23.5 Å². The third-order valence-electron chi connectivity index (χ3n) is 5.53. The van der Waals surface area contributed by atoms with Crippen molar-refractivity contribution in [2.24, 2.45) is 0 Å². The summed E-state index contributed by atoms with van der Waals surface area (Å²) in [5, 5.41) is 16.6. The fraction of sp³-hybridized carbons (Fsp3) is 0.185. The molecule has 0 fully saturated rings. The summed E-state index contributed by atoms with van der Waals surface area (Å²) < 4.78 is 29.6. The molecule has 4 rings (SSSR count). The third-order valence-corrected chi connectivity index (χ3v) is 6.10. The van der Waals surface area contributed by atoms with E-state index in [0.29, 0.717) is 22.2 Å². The molecule has 5 nitrogen and oxygen atoms in total. The van der Waals surface area contributed by atoms with Crippen molar-refractivity contribution in [1.29, 1.82) is 0 Å². The summed E-state index contributed by atoms with van der Waals surface area (Å²) in [6, 6.07) is 15.9. The van der Waals surface area contributed by atoms with E-state index in [0.717, 1.165) is 23.3 Å². The molecule has 0 aliphatic heterocycles. The zero-order valence-corrected chi connectivity index (χ0v) is 20.8. The molecule has 4 aromatic rings. The lowest BCUT2D eigenvalue weighted by Crippen LogP contribution is -2.43. The molecule has 0 spiro atoms. The van der Waals surface area contributed by atoms with Crippen molar-refractivity contribution in [3.63, 3.8) is 0 Å². The first-order valence-electron chi connectivity index (χ1n) is 11.0. The van der Waals surface area contributed by atoms with Crippen LogP contribution in [0.25, 0.3) is 0 Å². The summed E-state index contributed by atoms with van der Waals surface area (Å²) in [4.78, 5) is 5.74. The topological polar surface area (TPSA) is 54.2 Å². The Balaban J connectivity index is 1.49. The molecule has 0 bridgehead atoms. The van der Waals surface area contributed by atoms with Crippen LogP contribution in [0.3, 0.4) is 0 Å². The van der Waals surface area contributed by atoms with Gasteiger partial charge >= 0.3 is 0 Å². The molecule has 184 valence electrons. The molecule has 0 aliphatic carbocycles. The van der Waals surface area contributed by atoms with Gasteiger partial charge in [0.15, 0.2) is 0 Å². The number of hydrogen-bond donors (Lipinski definition) is 1. The highest BCUT2D eigenvalue weighted by molar-refractivity contribution is 6.33. The summed E-state index contributed by atoms with van der Waals surface area (Å²) in [6.07, 6.45) is 2.76. The third kappa shape index (κ3) is 6.48. The predicted molar refractivity (Wildman–Crippen MR) is 135 cm³/mol.